The van der Waals surface area contributed by atoms with E-state index in [2.05, 4.69) is 0 Å². The van der Waals surface area contributed by atoms with Crippen LogP contribution >= 0.6 is 12.4 Å². The fourth-order valence-corrected chi connectivity index (χ4v) is 5.41. The van der Waals surface area contributed by atoms with E-state index in [-0.39, 0.29) is 29.6 Å². The zero-order valence-corrected chi connectivity index (χ0v) is 15.3. The molecule has 0 radical (unpaired) electrons. The van der Waals surface area contributed by atoms with Gasteiger partial charge in [0.25, 0.3) is 5.91 Å². The van der Waals surface area contributed by atoms with Gasteiger partial charge in [0.2, 0.25) is 0 Å². The molecule has 7 heteroatoms. The van der Waals surface area contributed by atoms with Crippen molar-refractivity contribution in [2.45, 2.75) is 54.7 Å². The third kappa shape index (κ3) is 3.92. The van der Waals surface area contributed by atoms with Crippen LogP contribution in [0.1, 0.15) is 48.9 Å². The van der Waals surface area contributed by atoms with E-state index in [1.54, 1.807) is 29.2 Å². The molecule has 1 aromatic carbocycles. The van der Waals surface area contributed by atoms with Gasteiger partial charge in [-0.2, -0.15) is 0 Å². The second kappa shape index (κ2) is 7.85. The van der Waals surface area contributed by atoms with Crippen LogP contribution in [0.15, 0.2) is 29.2 Å². The summed E-state index contributed by atoms with van der Waals surface area (Å²) in [5.41, 5.74) is 6.45. The first-order chi connectivity index (χ1) is 11.0. The summed E-state index contributed by atoms with van der Waals surface area (Å²) in [4.78, 5) is 14.6. The molecule has 1 amide bonds. The molecule has 134 valence electrons. The van der Waals surface area contributed by atoms with Crippen LogP contribution < -0.4 is 5.73 Å². The first kappa shape index (κ1) is 19.2. The first-order valence-corrected chi connectivity index (χ1v) is 9.92. The number of halogens is 1. The highest BCUT2D eigenvalue weighted by atomic mass is 35.5. The van der Waals surface area contributed by atoms with E-state index in [1.165, 1.54) is 0 Å². The maximum atomic E-state index is 12.5. The molecule has 2 N–H and O–H groups in total. The predicted molar refractivity (Wildman–Crippen MR) is 96.2 cm³/mol. The number of hydrogen-bond acceptors (Lipinski definition) is 4. The molecule has 0 bridgehead atoms. The lowest BCUT2D eigenvalue weighted by Crippen LogP contribution is -2.45. The van der Waals surface area contributed by atoms with E-state index in [9.17, 15) is 13.2 Å². The topological polar surface area (TPSA) is 80.5 Å². The molecule has 1 aromatic rings. The van der Waals surface area contributed by atoms with Crippen molar-refractivity contribution in [3.8, 4) is 0 Å². The van der Waals surface area contributed by atoms with Gasteiger partial charge in [-0.05, 0) is 49.9 Å². The van der Waals surface area contributed by atoms with Crippen molar-refractivity contribution < 1.29 is 13.2 Å². The third-order valence-electron chi connectivity index (χ3n) is 4.92. The van der Waals surface area contributed by atoms with Crippen molar-refractivity contribution in [3.05, 3.63) is 29.8 Å². The van der Waals surface area contributed by atoms with Crippen LogP contribution in [0.5, 0.6) is 0 Å². The highest BCUT2D eigenvalue weighted by molar-refractivity contribution is 7.92. The molecule has 1 atom stereocenters. The number of sulfone groups is 1. The van der Waals surface area contributed by atoms with E-state index in [4.69, 9.17) is 5.73 Å². The predicted octanol–water partition coefficient (Wildman–Crippen LogP) is 2.39. The van der Waals surface area contributed by atoms with E-state index in [0.717, 1.165) is 38.5 Å². The van der Waals surface area contributed by atoms with Crippen LogP contribution in [0, 0.1) is 0 Å². The van der Waals surface area contributed by atoms with E-state index in [0.29, 0.717) is 23.5 Å². The summed E-state index contributed by atoms with van der Waals surface area (Å²) in [6.45, 7) is 1.29. The molecule has 0 spiro atoms. The summed E-state index contributed by atoms with van der Waals surface area (Å²) < 4.78 is 25.1. The second-order valence-corrected chi connectivity index (χ2v) is 8.86. The third-order valence-corrected chi connectivity index (χ3v) is 7.19. The maximum Gasteiger partial charge on any atom is 0.253 e. The van der Waals surface area contributed by atoms with Gasteiger partial charge in [0.1, 0.15) is 0 Å². The monoisotopic (exact) mass is 372 g/mol. The van der Waals surface area contributed by atoms with Crippen molar-refractivity contribution in [2.24, 2.45) is 5.73 Å². The summed E-state index contributed by atoms with van der Waals surface area (Å²) in [5.74, 6) is -0.0648. The van der Waals surface area contributed by atoms with Gasteiger partial charge in [-0.1, -0.05) is 12.8 Å². The number of benzene rings is 1. The van der Waals surface area contributed by atoms with E-state index >= 15 is 0 Å². The molecular formula is C17H25ClN2O3S. The number of carbonyl (C=O) groups excluding carboxylic acids is 1. The first-order valence-electron chi connectivity index (χ1n) is 8.37. The van der Waals surface area contributed by atoms with Gasteiger partial charge in [-0.15, -0.1) is 12.4 Å². The van der Waals surface area contributed by atoms with Gasteiger partial charge in [0, 0.05) is 24.7 Å². The molecule has 2 aliphatic rings. The molecule has 24 heavy (non-hydrogen) atoms. The number of amides is 1. The minimum absolute atomic E-state index is 0. The lowest BCUT2D eigenvalue weighted by molar-refractivity contribution is 0.0708. The minimum Gasteiger partial charge on any atom is -0.337 e. The lowest BCUT2D eigenvalue weighted by atomic mass is 10.1. The maximum absolute atomic E-state index is 12.5. The van der Waals surface area contributed by atoms with E-state index < -0.39 is 9.84 Å². The zero-order chi connectivity index (χ0) is 16.4. The Labute approximate surface area is 149 Å². The van der Waals surface area contributed by atoms with Gasteiger partial charge >= 0.3 is 0 Å². The smallest absolute Gasteiger partial charge is 0.253 e. The minimum atomic E-state index is -3.26. The van der Waals surface area contributed by atoms with Crippen molar-refractivity contribution in [3.63, 3.8) is 0 Å². The highest BCUT2D eigenvalue weighted by Crippen LogP contribution is 2.29. The Kier molecular flexibility index (Phi) is 6.28. The molecule has 0 aromatic heterocycles. The van der Waals surface area contributed by atoms with Gasteiger partial charge < -0.3 is 10.6 Å². The Hall–Kier alpha value is -1.11. The lowest BCUT2D eigenvalue weighted by Gasteiger charge is -2.30. The van der Waals surface area contributed by atoms with E-state index in [1.807, 2.05) is 0 Å². The van der Waals surface area contributed by atoms with Crippen molar-refractivity contribution in [2.75, 3.05) is 13.1 Å². The number of piperidine rings is 1. The van der Waals surface area contributed by atoms with Crippen LogP contribution in [-0.4, -0.2) is 43.6 Å². The van der Waals surface area contributed by atoms with Gasteiger partial charge in [0.05, 0.1) is 10.1 Å². The Bertz CT molecular complexity index is 670. The summed E-state index contributed by atoms with van der Waals surface area (Å²) in [6.07, 6.45) is 5.32. The molecule has 5 nitrogen and oxygen atoms in total. The zero-order valence-electron chi connectivity index (χ0n) is 13.7. The largest absolute Gasteiger partial charge is 0.337 e. The van der Waals surface area contributed by atoms with Gasteiger partial charge in [-0.25, -0.2) is 8.42 Å². The SMILES string of the molecule is Cl.NC1CCCN(C(=O)c2ccc(S(=O)(=O)C3CCCC3)cc2)C1. The Morgan fingerprint density at radius 1 is 1.04 bits per heavy atom. The Morgan fingerprint density at radius 2 is 1.67 bits per heavy atom. The number of likely N-dealkylation sites (tertiary alicyclic amines) is 1. The molecule has 1 aliphatic heterocycles. The Balaban J connectivity index is 0.00000208. The van der Waals surface area contributed by atoms with Crippen LogP contribution in [0.25, 0.3) is 0 Å². The standard InChI is InChI=1S/C17H24N2O3S.ClH/c18-14-4-3-11-19(12-14)17(20)13-7-9-16(10-8-13)23(21,22)15-5-1-2-6-15;/h7-10,14-15H,1-6,11-12,18H2;1H. The molecule has 2 fully saturated rings. The van der Waals surface area contributed by atoms with Gasteiger partial charge in [-0.3, -0.25) is 4.79 Å². The highest BCUT2D eigenvalue weighted by Gasteiger charge is 2.30. The quantitative estimate of drug-likeness (QED) is 0.883. The number of carbonyl (C=O) groups is 1. The average Bonchev–Trinajstić information content (AvgIpc) is 3.09. The van der Waals surface area contributed by atoms with Crippen molar-refractivity contribution in [1.29, 1.82) is 0 Å². The van der Waals surface area contributed by atoms with Crippen LogP contribution in [0.2, 0.25) is 0 Å². The summed E-state index contributed by atoms with van der Waals surface area (Å²) in [7, 11) is -3.26. The summed E-state index contributed by atoms with van der Waals surface area (Å²) in [5, 5.41) is -0.260. The molecule has 1 heterocycles. The molecule has 1 aliphatic carbocycles. The molecule has 1 unspecified atom stereocenters. The normalized spacial score (nSPS) is 22.2. The fourth-order valence-electron chi connectivity index (χ4n) is 3.56. The van der Waals surface area contributed by atoms with Crippen molar-refractivity contribution >= 4 is 28.2 Å². The number of hydrogen-bond donors (Lipinski definition) is 1. The number of rotatable bonds is 3. The second-order valence-electron chi connectivity index (χ2n) is 6.63. The number of nitrogens with two attached hydrogens (primary N) is 1. The van der Waals surface area contributed by atoms with Gasteiger partial charge in [0.15, 0.2) is 9.84 Å². The summed E-state index contributed by atoms with van der Waals surface area (Å²) >= 11 is 0. The van der Waals surface area contributed by atoms with Crippen LogP contribution in [0.4, 0.5) is 0 Å². The molecule has 1 saturated carbocycles. The Morgan fingerprint density at radius 3 is 2.25 bits per heavy atom. The fraction of sp³-hybridized carbons (Fsp3) is 0.588. The molecule has 3 rings (SSSR count). The average molecular weight is 373 g/mol. The summed E-state index contributed by atoms with van der Waals surface area (Å²) in [6, 6.07) is 6.44. The molecule has 1 saturated heterocycles. The molecular weight excluding hydrogens is 348 g/mol. The van der Waals surface area contributed by atoms with Crippen molar-refractivity contribution in [1.82, 2.24) is 4.90 Å². The number of nitrogens with zero attached hydrogens (tertiary/aromatic N) is 1. The van der Waals surface area contributed by atoms with Crippen LogP contribution in [-0.2, 0) is 9.84 Å². The van der Waals surface area contributed by atoms with Crippen LogP contribution in [0.3, 0.4) is 0 Å².